The Bertz CT molecular complexity index is 1350. The van der Waals surface area contributed by atoms with E-state index in [1.54, 1.807) is 39.9 Å². The molecule has 1 N–H and O–H groups in total. The van der Waals surface area contributed by atoms with Crippen molar-refractivity contribution in [3.63, 3.8) is 0 Å². The fourth-order valence-electron chi connectivity index (χ4n) is 2.80. The molecule has 11 heteroatoms. The number of hydrogen-bond donors (Lipinski definition) is 1. The standard InChI is InChI=1S/C14H14BrN5.C6H3BrClN3/c1-19(2)11-5-3-4-10(8-11)18-13-6-7-16-14-12(15)9-17-20(13)14;7-4-3-10-11-5(8)1-2-9-6(4)11/h3-9,18H,1-2H3;1-3H. The smallest absolute Gasteiger partial charge is 0.171 e. The molecule has 0 fully saturated rings. The van der Waals surface area contributed by atoms with E-state index in [2.05, 4.69) is 74.4 Å². The molecule has 0 saturated heterocycles. The van der Waals surface area contributed by atoms with E-state index in [0.29, 0.717) is 5.15 Å². The maximum Gasteiger partial charge on any atom is 0.171 e. The Balaban J connectivity index is 0.000000177. The fraction of sp³-hybridized carbons (Fsp3) is 0.100. The first-order valence-electron chi connectivity index (χ1n) is 9.10. The molecule has 0 spiro atoms. The van der Waals surface area contributed by atoms with Crippen molar-refractivity contribution in [2.24, 2.45) is 0 Å². The highest BCUT2D eigenvalue weighted by Gasteiger charge is 2.07. The van der Waals surface area contributed by atoms with E-state index >= 15 is 0 Å². The van der Waals surface area contributed by atoms with Crippen LogP contribution in [-0.2, 0) is 0 Å². The van der Waals surface area contributed by atoms with Crippen molar-refractivity contribution in [3.8, 4) is 0 Å². The molecule has 0 aliphatic carbocycles. The average Bonchev–Trinajstić information content (AvgIpc) is 3.34. The van der Waals surface area contributed by atoms with E-state index < -0.39 is 0 Å². The first kappa shape index (κ1) is 21.5. The Kier molecular flexibility index (Phi) is 6.40. The molecule has 0 atom stereocenters. The van der Waals surface area contributed by atoms with Gasteiger partial charge in [-0.15, -0.1) is 0 Å². The number of aromatic nitrogens is 6. The highest BCUT2D eigenvalue weighted by molar-refractivity contribution is 9.11. The molecule has 5 aromatic rings. The number of fused-ring (bicyclic) bond motifs is 2. The lowest BCUT2D eigenvalue weighted by molar-refractivity contribution is 0.940. The molecule has 0 unspecified atom stereocenters. The van der Waals surface area contributed by atoms with Gasteiger partial charge in [-0.05, 0) is 62.2 Å². The average molecular weight is 565 g/mol. The predicted molar refractivity (Wildman–Crippen MR) is 130 cm³/mol. The number of anilines is 3. The summed E-state index contributed by atoms with van der Waals surface area (Å²) in [4.78, 5) is 10.4. The van der Waals surface area contributed by atoms with Gasteiger partial charge in [0.15, 0.2) is 11.3 Å². The molecule has 5 rings (SSSR count). The summed E-state index contributed by atoms with van der Waals surface area (Å²) in [5.41, 5.74) is 3.67. The highest BCUT2D eigenvalue weighted by Crippen LogP contribution is 2.23. The number of benzene rings is 1. The zero-order valence-corrected chi connectivity index (χ0v) is 20.5. The molecule has 0 radical (unpaired) electrons. The van der Waals surface area contributed by atoms with Crippen LogP contribution in [0.25, 0.3) is 11.3 Å². The van der Waals surface area contributed by atoms with Gasteiger partial charge in [0.25, 0.3) is 0 Å². The van der Waals surface area contributed by atoms with Crippen LogP contribution in [0.4, 0.5) is 17.2 Å². The summed E-state index contributed by atoms with van der Waals surface area (Å²) in [6, 6.07) is 11.8. The van der Waals surface area contributed by atoms with Crippen LogP contribution in [0, 0.1) is 0 Å². The van der Waals surface area contributed by atoms with E-state index in [1.807, 2.05) is 32.3 Å². The monoisotopic (exact) mass is 562 g/mol. The van der Waals surface area contributed by atoms with Gasteiger partial charge in [0.05, 0.1) is 21.3 Å². The summed E-state index contributed by atoms with van der Waals surface area (Å²) >= 11 is 12.5. The predicted octanol–water partition coefficient (Wildman–Crippen LogP) is 5.45. The van der Waals surface area contributed by atoms with Gasteiger partial charge < -0.3 is 10.2 Å². The van der Waals surface area contributed by atoms with E-state index in [1.165, 1.54) is 0 Å². The highest BCUT2D eigenvalue weighted by atomic mass is 79.9. The summed E-state index contributed by atoms with van der Waals surface area (Å²) in [5, 5.41) is 12.2. The Morgan fingerprint density at radius 3 is 2.23 bits per heavy atom. The first-order valence-corrected chi connectivity index (χ1v) is 11.1. The Hall–Kier alpha value is -2.69. The van der Waals surface area contributed by atoms with Gasteiger partial charge in [-0.3, -0.25) is 0 Å². The molecule has 8 nitrogen and oxygen atoms in total. The lowest BCUT2D eigenvalue weighted by Gasteiger charge is -2.14. The Morgan fingerprint density at radius 1 is 0.903 bits per heavy atom. The van der Waals surface area contributed by atoms with Crippen molar-refractivity contribution >= 4 is 71.9 Å². The number of nitrogens with one attached hydrogen (secondary N) is 1. The van der Waals surface area contributed by atoms with E-state index in [0.717, 1.165) is 37.4 Å². The minimum atomic E-state index is 0.556. The van der Waals surface area contributed by atoms with Crippen LogP contribution in [0.15, 0.2) is 70.1 Å². The van der Waals surface area contributed by atoms with Crippen molar-refractivity contribution < 1.29 is 0 Å². The zero-order chi connectivity index (χ0) is 22.0. The van der Waals surface area contributed by atoms with Gasteiger partial charge in [0, 0.05) is 37.9 Å². The molecule has 0 aliphatic heterocycles. The second kappa shape index (κ2) is 9.21. The Labute approximate surface area is 200 Å². The minimum absolute atomic E-state index is 0.556. The van der Waals surface area contributed by atoms with Gasteiger partial charge in [-0.25, -0.2) is 14.5 Å². The third kappa shape index (κ3) is 4.65. The van der Waals surface area contributed by atoms with Crippen molar-refractivity contribution in [3.05, 3.63) is 75.3 Å². The molecule has 1 aromatic carbocycles. The molecule has 0 saturated carbocycles. The zero-order valence-electron chi connectivity index (χ0n) is 16.5. The van der Waals surface area contributed by atoms with Crippen molar-refractivity contribution in [1.29, 1.82) is 0 Å². The number of hydrogen-bond acceptors (Lipinski definition) is 6. The van der Waals surface area contributed by atoms with Crippen molar-refractivity contribution in [2.75, 3.05) is 24.3 Å². The molecular weight excluding hydrogens is 548 g/mol. The van der Waals surface area contributed by atoms with Gasteiger partial charge >= 0.3 is 0 Å². The van der Waals surface area contributed by atoms with E-state index in [4.69, 9.17) is 11.6 Å². The molecule has 31 heavy (non-hydrogen) atoms. The second-order valence-electron chi connectivity index (χ2n) is 6.62. The van der Waals surface area contributed by atoms with Crippen LogP contribution >= 0.6 is 43.5 Å². The molecular formula is C20H17Br2ClN8. The van der Waals surface area contributed by atoms with Crippen LogP contribution < -0.4 is 10.2 Å². The van der Waals surface area contributed by atoms with Crippen LogP contribution in [0.2, 0.25) is 5.15 Å². The molecule has 4 heterocycles. The van der Waals surface area contributed by atoms with E-state index in [-0.39, 0.29) is 0 Å². The fourth-order valence-corrected chi connectivity index (χ4v) is 3.71. The summed E-state index contributed by atoms with van der Waals surface area (Å²) in [7, 11) is 4.04. The number of halogens is 3. The summed E-state index contributed by atoms with van der Waals surface area (Å²) in [6.07, 6.45) is 6.81. The molecule has 0 amide bonds. The first-order chi connectivity index (χ1) is 14.9. The van der Waals surface area contributed by atoms with Gasteiger partial charge in [0.1, 0.15) is 11.0 Å². The lowest BCUT2D eigenvalue weighted by atomic mass is 10.2. The third-order valence-corrected chi connectivity index (χ3v) is 5.71. The number of nitrogens with zero attached hydrogens (tertiary/aromatic N) is 7. The SMILES string of the molecule is CN(C)c1cccc(Nc2ccnc3c(Br)cnn23)c1.Clc1ccnc2c(Br)cnn12. The summed E-state index contributed by atoms with van der Waals surface area (Å²) < 4.78 is 5.06. The van der Waals surface area contributed by atoms with Crippen LogP contribution in [-0.4, -0.2) is 43.3 Å². The maximum absolute atomic E-state index is 5.81. The normalized spacial score (nSPS) is 10.7. The largest absolute Gasteiger partial charge is 0.378 e. The maximum atomic E-state index is 5.81. The summed E-state index contributed by atoms with van der Waals surface area (Å²) in [5.74, 6) is 0.872. The van der Waals surface area contributed by atoms with Crippen molar-refractivity contribution in [1.82, 2.24) is 29.2 Å². The molecule has 0 bridgehead atoms. The van der Waals surface area contributed by atoms with Gasteiger partial charge in [0.2, 0.25) is 0 Å². The third-order valence-electron chi connectivity index (χ3n) is 4.31. The minimum Gasteiger partial charge on any atom is -0.378 e. The Morgan fingerprint density at radius 2 is 1.55 bits per heavy atom. The van der Waals surface area contributed by atoms with Gasteiger partial charge in [-0.2, -0.15) is 14.7 Å². The second-order valence-corrected chi connectivity index (χ2v) is 8.72. The lowest BCUT2D eigenvalue weighted by Crippen LogP contribution is -2.08. The molecule has 158 valence electrons. The molecule has 4 aromatic heterocycles. The van der Waals surface area contributed by atoms with Crippen LogP contribution in [0.3, 0.4) is 0 Å². The number of rotatable bonds is 3. The van der Waals surface area contributed by atoms with Crippen LogP contribution in [0.5, 0.6) is 0 Å². The quantitative estimate of drug-likeness (QED) is 0.294. The summed E-state index contributed by atoms with van der Waals surface area (Å²) in [6.45, 7) is 0. The van der Waals surface area contributed by atoms with Crippen LogP contribution in [0.1, 0.15) is 0 Å². The topological polar surface area (TPSA) is 75.6 Å². The molecule has 0 aliphatic rings. The van der Waals surface area contributed by atoms with Gasteiger partial charge in [-0.1, -0.05) is 17.7 Å². The van der Waals surface area contributed by atoms with Crippen molar-refractivity contribution in [2.45, 2.75) is 0 Å². The van der Waals surface area contributed by atoms with E-state index in [9.17, 15) is 0 Å².